The molecule has 0 aliphatic carbocycles. The van der Waals surface area contributed by atoms with Gasteiger partial charge in [-0.15, -0.1) is 0 Å². The summed E-state index contributed by atoms with van der Waals surface area (Å²) in [5, 5.41) is 3.55. The fourth-order valence-corrected chi connectivity index (χ4v) is 6.70. The van der Waals surface area contributed by atoms with Crippen LogP contribution >= 0.6 is 23.2 Å². The predicted molar refractivity (Wildman–Crippen MR) is 129 cm³/mol. The maximum Gasteiger partial charge on any atom is 0.223 e. The Hall–Kier alpha value is -1.65. The van der Waals surface area contributed by atoms with Gasteiger partial charge in [0.05, 0.1) is 16.7 Å². The van der Waals surface area contributed by atoms with Crippen molar-refractivity contribution in [2.75, 3.05) is 19.3 Å². The Bertz CT molecular complexity index is 1200. The van der Waals surface area contributed by atoms with Crippen LogP contribution in [0.2, 0.25) is 10.0 Å². The van der Waals surface area contributed by atoms with Gasteiger partial charge < -0.3 is 5.32 Å². The van der Waals surface area contributed by atoms with Crippen LogP contribution in [0.3, 0.4) is 0 Å². The van der Waals surface area contributed by atoms with E-state index in [1.54, 1.807) is 30.3 Å². The van der Waals surface area contributed by atoms with E-state index in [1.807, 2.05) is 6.92 Å². The first kappa shape index (κ1) is 26.0. The number of rotatable bonds is 7. The number of carbonyl (C=O) groups is 1. The second-order valence-corrected chi connectivity index (χ2v) is 13.0. The molecule has 0 radical (unpaired) electrons. The molecule has 33 heavy (non-hydrogen) atoms. The van der Waals surface area contributed by atoms with Crippen LogP contribution < -0.4 is 5.32 Å². The highest BCUT2D eigenvalue weighted by molar-refractivity contribution is 7.90. The van der Waals surface area contributed by atoms with E-state index in [4.69, 9.17) is 23.2 Å². The second-order valence-electron chi connectivity index (χ2n) is 8.20. The van der Waals surface area contributed by atoms with Gasteiger partial charge in [0.2, 0.25) is 15.9 Å². The van der Waals surface area contributed by atoms with Crippen LogP contribution in [0.25, 0.3) is 0 Å². The number of nitrogens with zero attached hydrogens (tertiary/aromatic N) is 1. The van der Waals surface area contributed by atoms with Crippen LogP contribution in [0.1, 0.15) is 36.9 Å². The molecule has 1 fully saturated rings. The molecule has 0 unspecified atom stereocenters. The molecule has 7 nitrogen and oxygen atoms in total. The zero-order chi connectivity index (χ0) is 24.4. The minimum absolute atomic E-state index is 0.152. The number of halogens is 2. The fourth-order valence-electron chi connectivity index (χ4n) is 3.76. The van der Waals surface area contributed by atoms with Crippen molar-refractivity contribution in [1.29, 1.82) is 0 Å². The summed E-state index contributed by atoms with van der Waals surface area (Å²) >= 11 is 12.2. The third-order valence-electron chi connectivity index (χ3n) is 5.77. The van der Waals surface area contributed by atoms with Crippen molar-refractivity contribution >= 4 is 49.0 Å². The van der Waals surface area contributed by atoms with E-state index < -0.39 is 19.9 Å². The van der Waals surface area contributed by atoms with Gasteiger partial charge in [-0.2, -0.15) is 0 Å². The van der Waals surface area contributed by atoms with E-state index in [1.165, 1.54) is 16.4 Å². The van der Waals surface area contributed by atoms with Gasteiger partial charge in [0.15, 0.2) is 9.84 Å². The normalized spacial score (nSPS) is 17.0. The molecule has 11 heteroatoms. The second kappa shape index (κ2) is 10.3. The van der Waals surface area contributed by atoms with E-state index in [-0.39, 0.29) is 41.6 Å². The number of carbonyl (C=O) groups excluding carboxylic acids is 1. The van der Waals surface area contributed by atoms with Crippen LogP contribution in [0, 0.1) is 5.92 Å². The number of amides is 1. The highest BCUT2D eigenvalue weighted by Crippen LogP contribution is 2.29. The molecule has 180 valence electrons. The van der Waals surface area contributed by atoms with E-state index in [0.717, 1.165) is 11.8 Å². The van der Waals surface area contributed by atoms with Crippen LogP contribution in [0.4, 0.5) is 0 Å². The number of nitrogens with one attached hydrogen (secondary N) is 1. The molecule has 0 spiro atoms. The number of sulfonamides is 1. The molecule has 1 amide bonds. The van der Waals surface area contributed by atoms with Gasteiger partial charge >= 0.3 is 0 Å². The zero-order valence-electron chi connectivity index (χ0n) is 18.3. The molecule has 3 rings (SSSR count). The average Bonchev–Trinajstić information content (AvgIpc) is 2.76. The van der Waals surface area contributed by atoms with Crippen molar-refractivity contribution in [3.05, 3.63) is 63.6 Å². The van der Waals surface area contributed by atoms with Crippen LogP contribution in [-0.2, 0) is 30.4 Å². The van der Waals surface area contributed by atoms with Gasteiger partial charge in [0, 0.05) is 40.9 Å². The standard InChI is InChI=1S/C22H26Cl2N2O5S2/c1-15(16-6-8-18(9-7-16)32(2,28)29)25-22(27)17-10-12-26(13-11-17)33(30,31)14-19-20(23)4-3-5-21(19)24/h3-9,15,17H,10-14H2,1-2H3,(H,25,27)/t15-/m0/s1. The summed E-state index contributed by atoms with van der Waals surface area (Å²) in [5.74, 6) is -0.748. The molecule has 2 aromatic carbocycles. The SMILES string of the molecule is C[C@H](NC(=O)C1CCN(S(=O)(=O)Cc2c(Cl)cccc2Cl)CC1)c1ccc(S(C)(=O)=O)cc1. The minimum Gasteiger partial charge on any atom is -0.349 e. The van der Waals surface area contributed by atoms with Crippen molar-refractivity contribution in [1.82, 2.24) is 9.62 Å². The average molecular weight is 533 g/mol. The monoisotopic (exact) mass is 532 g/mol. The number of hydrogen-bond acceptors (Lipinski definition) is 5. The topological polar surface area (TPSA) is 101 Å². The maximum atomic E-state index is 12.9. The molecule has 0 saturated carbocycles. The molecular formula is C22H26Cl2N2O5S2. The Balaban J connectivity index is 1.57. The van der Waals surface area contributed by atoms with Gasteiger partial charge in [0.1, 0.15) is 0 Å². The molecular weight excluding hydrogens is 507 g/mol. The Kier molecular flexibility index (Phi) is 8.11. The highest BCUT2D eigenvalue weighted by Gasteiger charge is 2.32. The number of hydrogen-bond donors (Lipinski definition) is 1. The lowest BCUT2D eigenvalue weighted by molar-refractivity contribution is -0.126. The lowest BCUT2D eigenvalue weighted by atomic mass is 9.96. The fraction of sp³-hybridized carbons (Fsp3) is 0.409. The van der Waals surface area contributed by atoms with E-state index in [0.29, 0.717) is 28.5 Å². The van der Waals surface area contributed by atoms with Gasteiger partial charge in [-0.05, 0) is 49.6 Å². The number of piperidine rings is 1. The van der Waals surface area contributed by atoms with Crippen molar-refractivity contribution in [2.24, 2.45) is 5.92 Å². The summed E-state index contributed by atoms with van der Waals surface area (Å²) in [7, 11) is -6.91. The lowest BCUT2D eigenvalue weighted by Gasteiger charge is -2.31. The molecule has 0 bridgehead atoms. The molecule has 1 aliphatic heterocycles. The predicted octanol–water partition coefficient (Wildman–Crippen LogP) is 3.82. The third-order valence-corrected chi connectivity index (χ3v) is 9.42. The van der Waals surface area contributed by atoms with E-state index >= 15 is 0 Å². The van der Waals surface area contributed by atoms with Crippen molar-refractivity contribution in [3.63, 3.8) is 0 Å². The maximum absolute atomic E-state index is 12.9. The van der Waals surface area contributed by atoms with Gasteiger partial charge in [-0.3, -0.25) is 4.79 Å². The van der Waals surface area contributed by atoms with Gasteiger partial charge in [-0.25, -0.2) is 21.1 Å². The molecule has 1 N–H and O–H groups in total. The molecule has 1 heterocycles. The summed E-state index contributed by atoms with van der Waals surface area (Å²) < 4.78 is 50.3. The minimum atomic E-state index is -3.63. The van der Waals surface area contributed by atoms with Crippen molar-refractivity contribution < 1.29 is 21.6 Å². The number of benzene rings is 2. The first-order valence-electron chi connectivity index (χ1n) is 10.4. The molecule has 0 aromatic heterocycles. The molecule has 2 aromatic rings. The molecule has 1 atom stereocenters. The van der Waals surface area contributed by atoms with E-state index in [9.17, 15) is 21.6 Å². The first-order valence-corrected chi connectivity index (χ1v) is 14.7. The first-order chi connectivity index (χ1) is 15.4. The summed E-state index contributed by atoms with van der Waals surface area (Å²) in [5.41, 5.74) is 1.16. The third kappa shape index (κ3) is 6.48. The Labute approximate surface area is 205 Å². The van der Waals surface area contributed by atoms with Crippen LogP contribution in [-0.4, -0.2) is 46.4 Å². The summed E-state index contributed by atoms with van der Waals surface area (Å²) in [6.07, 6.45) is 1.95. The Morgan fingerprint density at radius 3 is 2.09 bits per heavy atom. The van der Waals surface area contributed by atoms with Crippen LogP contribution in [0.5, 0.6) is 0 Å². The molecule has 1 aliphatic rings. The van der Waals surface area contributed by atoms with Gasteiger partial charge in [-0.1, -0.05) is 41.4 Å². The van der Waals surface area contributed by atoms with E-state index in [2.05, 4.69) is 5.32 Å². The largest absolute Gasteiger partial charge is 0.349 e. The lowest BCUT2D eigenvalue weighted by Crippen LogP contribution is -2.43. The summed E-state index contributed by atoms with van der Waals surface area (Å²) in [6.45, 7) is 2.29. The van der Waals surface area contributed by atoms with Gasteiger partial charge in [0.25, 0.3) is 0 Å². The smallest absolute Gasteiger partial charge is 0.223 e. The van der Waals surface area contributed by atoms with Crippen molar-refractivity contribution in [2.45, 2.75) is 36.5 Å². The Morgan fingerprint density at radius 1 is 1.03 bits per heavy atom. The highest BCUT2D eigenvalue weighted by atomic mass is 35.5. The Morgan fingerprint density at radius 2 is 1.58 bits per heavy atom. The van der Waals surface area contributed by atoms with Crippen molar-refractivity contribution in [3.8, 4) is 0 Å². The summed E-state index contributed by atoms with van der Waals surface area (Å²) in [4.78, 5) is 13.0. The zero-order valence-corrected chi connectivity index (χ0v) is 21.4. The quantitative estimate of drug-likeness (QED) is 0.584. The molecule has 1 saturated heterocycles. The summed E-state index contributed by atoms with van der Waals surface area (Å²) in [6, 6.07) is 10.9. The van der Waals surface area contributed by atoms with Crippen LogP contribution in [0.15, 0.2) is 47.4 Å². The number of sulfone groups is 1.